The lowest BCUT2D eigenvalue weighted by Crippen LogP contribution is -1.93. The van der Waals surface area contributed by atoms with Gasteiger partial charge in [0.2, 0.25) is 0 Å². The van der Waals surface area contributed by atoms with Crippen LogP contribution in [0.1, 0.15) is 11.1 Å². The average molecular weight is 541 g/mol. The van der Waals surface area contributed by atoms with E-state index in [1.54, 1.807) is 0 Å². The molecule has 0 aliphatic carbocycles. The first kappa shape index (κ1) is 25.6. The third kappa shape index (κ3) is 5.00. The molecule has 0 saturated heterocycles. The van der Waals surface area contributed by atoms with Crippen LogP contribution in [0.3, 0.4) is 0 Å². The number of hydrogen-bond acceptors (Lipinski definition) is 2. The number of hydrogen-bond donors (Lipinski definition) is 2. The summed E-state index contributed by atoms with van der Waals surface area (Å²) >= 11 is 0. The molecule has 7 aromatic rings. The monoisotopic (exact) mass is 540 g/mol. The Morgan fingerprint density at radius 3 is 0.857 bits per heavy atom. The zero-order valence-electron chi connectivity index (χ0n) is 23.9. The molecule has 0 heterocycles. The molecule has 0 bridgehead atoms. The largest absolute Gasteiger partial charge is 0.356 e. The molecule has 0 saturated carbocycles. The van der Waals surface area contributed by atoms with Gasteiger partial charge in [-0.15, -0.1) is 0 Å². The van der Waals surface area contributed by atoms with Crippen molar-refractivity contribution in [1.29, 1.82) is 0 Å². The summed E-state index contributed by atoms with van der Waals surface area (Å²) in [5.74, 6) is 0. The van der Waals surface area contributed by atoms with Gasteiger partial charge in [0.1, 0.15) is 0 Å². The Kier molecular flexibility index (Phi) is 6.65. The van der Waals surface area contributed by atoms with Crippen LogP contribution < -0.4 is 10.6 Å². The average Bonchev–Trinajstić information content (AvgIpc) is 3.03. The normalized spacial score (nSPS) is 11.1. The van der Waals surface area contributed by atoms with Crippen molar-refractivity contribution in [3.05, 3.63) is 157 Å². The standard InChI is InChI=1S/C40H32N2/c1-27-11-19-31(20-12-27)41-33-23-15-29(16-24-33)39-35-7-3-5-9-37(35)40(38-10-6-4-8-36(38)39)30-17-25-34(26-18-30)42-32-21-13-28(2)14-22-32/h3-26,41-42H,1-2H3. The van der Waals surface area contributed by atoms with Crippen LogP contribution in [0, 0.1) is 13.8 Å². The molecule has 0 aromatic heterocycles. The molecular weight excluding hydrogens is 508 g/mol. The topological polar surface area (TPSA) is 24.1 Å². The van der Waals surface area contributed by atoms with Crippen molar-refractivity contribution >= 4 is 44.3 Å². The minimum absolute atomic E-state index is 1.08. The van der Waals surface area contributed by atoms with E-state index in [1.165, 1.54) is 54.9 Å². The van der Waals surface area contributed by atoms with Gasteiger partial charge in [0.25, 0.3) is 0 Å². The van der Waals surface area contributed by atoms with Crippen LogP contribution >= 0.6 is 0 Å². The van der Waals surface area contributed by atoms with Gasteiger partial charge in [-0.05, 0) is 106 Å². The molecule has 0 spiro atoms. The lowest BCUT2D eigenvalue weighted by Gasteiger charge is -2.18. The van der Waals surface area contributed by atoms with E-state index >= 15 is 0 Å². The smallest absolute Gasteiger partial charge is 0.0384 e. The molecule has 2 nitrogen and oxygen atoms in total. The highest BCUT2D eigenvalue weighted by Gasteiger charge is 2.16. The van der Waals surface area contributed by atoms with Crippen molar-refractivity contribution < 1.29 is 0 Å². The molecule has 42 heavy (non-hydrogen) atoms. The lowest BCUT2D eigenvalue weighted by molar-refractivity contribution is 1.45. The molecule has 7 aromatic carbocycles. The third-order valence-corrected chi connectivity index (χ3v) is 7.96. The van der Waals surface area contributed by atoms with Gasteiger partial charge < -0.3 is 10.6 Å². The molecule has 0 radical (unpaired) electrons. The van der Waals surface area contributed by atoms with Crippen molar-refractivity contribution in [2.75, 3.05) is 10.6 Å². The van der Waals surface area contributed by atoms with Crippen LogP contribution in [-0.4, -0.2) is 0 Å². The second-order valence-electron chi connectivity index (χ2n) is 11.0. The fourth-order valence-electron chi connectivity index (χ4n) is 5.80. The van der Waals surface area contributed by atoms with E-state index in [-0.39, 0.29) is 0 Å². The number of fused-ring (bicyclic) bond motifs is 2. The van der Waals surface area contributed by atoms with E-state index in [9.17, 15) is 0 Å². The van der Waals surface area contributed by atoms with E-state index in [2.05, 4.69) is 170 Å². The van der Waals surface area contributed by atoms with Crippen LogP contribution in [-0.2, 0) is 0 Å². The highest BCUT2D eigenvalue weighted by atomic mass is 14.9. The van der Waals surface area contributed by atoms with Crippen LogP contribution in [0.2, 0.25) is 0 Å². The maximum Gasteiger partial charge on any atom is 0.0384 e. The third-order valence-electron chi connectivity index (χ3n) is 7.96. The Hall–Kier alpha value is -5.34. The number of rotatable bonds is 6. The van der Waals surface area contributed by atoms with Gasteiger partial charge in [0, 0.05) is 22.7 Å². The molecule has 0 atom stereocenters. The first-order valence-corrected chi connectivity index (χ1v) is 14.4. The van der Waals surface area contributed by atoms with Gasteiger partial charge in [0.15, 0.2) is 0 Å². The summed E-state index contributed by atoms with van der Waals surface area (Å²) in [6.45, 7) is 4.22. The molecule has 202 valence electrons. The maximum atomic E-state index is 3.53. The Balaban J connectivity index is 1.30. The molecule has 0 amide bonds. The first-order valence-electron chi connectivity index (χ1n) is 14.4. The molecule has 0 fully saturated rings. The summed E-state index contributed by atoms with van der Waals surface area (Å²) in [6.07, 6.45) is 0. The highest BCUT2D eigenvalue weighted by molar-refractivity contribution is 6.21. The van der Waals surface area contributed by atoms with Gasteiger partial charge in [-0.1, -0.05) is 108 Å². The van der Waals surface area contributed by atoms with E-state index in [0.29, 0.717) is 0 Å². The summed E-state index contributed by atoms with van der Waals surface area (Å²) in [6, 6.07) is 52.2. The minimum Gasteiger partial charge on any atom is -0.356 e. The van der Waals surface area contributed by atoms with E-state index in [1.807, 2.05) is 0 Å². The predicted molar refractivity (Wildman–Crippen MR) is 181 cm³/mol. The molecular formula is C40H32N2. The van der Waals surface area contributed by atoms with E-state index in [4.69, 9.17) is 0 Å². The number of benzene rings is 7. The molecule has 0 aliphatic rings. The van der Waals surface area contributed by atoms with Crippen LogP contribution in [0.25, 0.3) is 43.8 Å². The van der Waals surface area contributed by atoms with E-state index in [0.717, 1.165) is 22.7 Å². The van der Waals surface area contributed by atoms with Gasteiger partial charge >= 0.3 is 0 Å². The van der Waals surface area contributed by atoms with Crippen LogP contribution in [0.15, 0.2) is 146 Å². The fraction of sp³-hybridized carbons (Fsp3) is 0.0500. The quantitative estimate of drug-likeness (QED) is 0.205. The Morgan fingerprint density at radius 2 is 0.571 bits per heavy atom. The van der Waals surface area contributed by atoms with Crippen molar-refractivity contribution in [3.8, 4) is 22.3 Å². The second kappa shape index (κ2) is 10.9. The summed E-state index contributed by atoms with van der Waals surface area (Å²) in [5.41, 5.74) is 11.8. The zero-order chi connectivity index (χ0) is 28.5. The predicted octanol–water partition coefficient (Wildman–Crippen LogP) is 11.4. The maximum absolute atomic E-state index is 3.53. The van der Waals surface area contributed by atoms with Crippen molar-refractivity contribution in [1.82, 2.24) is 0 Å². The van der Waals surface area contributed by atoms with Crippen molar-refractivity contribution in [2.24, 2.45) is 0 Å². The molecule has 2 N–H and O–H groups in total. The van der Waals surface area contributed by atoms with Crippen LogP contribution in [0.4, 0.5) is 22.7 Å². The van der Waals surface area contributed by atoms with E-state index < -0.39 is 0 Å². The summed E-state index contributed by atoms with van der Waals surface area (Å²) in [5, 5.41) is 12.1. The Morgan fingerprint density at radius 1 is 0.310 bits per heavy atom. The minimum atomic E-state index is 1.08. The highest BCUT2D eigenvalue weighted by Crippen LogP contribution is 2.44. The first-order chi connectivity index (χ1) is 20.6. The van der Waals surface area contributed by atoms with Crippen molar-refractivity contribution in [3.63, 3.8) is 0 Å². The van der Waals surface area contributed by atoms with Gasteiger partial charge in [-0.3, -0.25) is 0 Å². The number of nitrogens with one attached hydrogen (secondary N) is 2. The fourth-order valence-corrected chi connectivity index (χ4v) is 5.80. The van der Waals surface area contributed by atoms with Crippen molar-refractivity contribution in [2.45, 2.75) is 13.8 Å². The Labute approximate surface area is 247 Å². The van der Waals surface area contributed by atoms with Gasteiger partial charge in [0.05, 0.1) is 0 Å². The van der Waals surface area contributed by atoms with Gasteiger partial charge in [-0.25, -0.2) is 0 Å². The summed E-state index contributed by atoms with van der Waals surface area (Å²) in [7, 11) is 0. The lowest BCUT2D eigenvalue weighted by atomic mass is 9.86. The molecule has 2 heteroatoms. The second-order valence-corrected chi connectivity index (χ2v) is 11.0. The molecule has 0 aliphatic heterocycles. The molecule has 7 rings (SSSR count). The number of anilines is 4. The summed E-state index contributed by atoms with van der Waals surface area (Å²) < 4.78 is 0. The summed E-state index contributed by atoms with van der Waals surface area (Å²) in [4.78, 5) is 0. The zero-order valence-corrected chi connectivity index (χ0v) is 23.9. The van der Waals surface area contributed by atoms with Crippen LogP contribution in [0.5, 0.6) is 0 Å². The molecule has 0 unspecified atom stereocenters. The van der Waals surface area contributed by atoms with Gasteiger partial charge in [-0.2, -0.15) is 0 Å². The number of aryl methyl sites for hydroxylation is 2. The Bertz CT molecular complexity index is 1800. The SMILES string of the molecule is Cc1ccc(Nc2ccc(-c3c4ccccc4c(-c4ccc(Nc5ccc(C)cc5)cc4)c4ccccc34)cc2)cc1.